The Labute approximate surface area is 313 Å². The SMILES string of the molecule is c1ccc(N(c2ccc3c4ccccc4c4ccccc4c3c2)c2ccc3c4ccccc4n(-c4ccc(-c5cccc6ccccc56)cc4)c3c2)cc1. The van der Waals surface area contributed by atoms with Crippen LogP contribution in [0.4, 0.5) is 17.1 Å². The Kier molecular flexibility index (Phi) is 6.90. The monoisotopic (exact) mass is 686 g/mol. The minimum atomic E-state index is 1.11. The maximum Gasteiger partial charge on any atom is 0.0561 e. The molecule has 0 spiro atoms. The average molecular weight is 687 g/mol. The van der Waals surface area contributed by atoms with Crippen LogP contribution in [0.5, 0.6) is 0 Å². The van der Waals surface area contributed by atoms with Gasteiger partial charge in [-0.2, -0.15) is 0 Å². The molecule has 2 heteroatoms. The second-order valence-corrected chi connectivity index (χ2v) is 14.1. The molecule has 0 radical (unpaired) electrons. The van der Waals surface area contributed by atoms with Gasteiger partial charge in [0.05, 0.1) is 11.0 Å². The van der Waals surface area contributed by atoms with Crippen molar-refractivity contribution < 1.29 is 0 Å². The third-order valence-electron chi connectivity index (χ3n) is 11.1. The molecule has 2 nitrogen and oxygen atoms in total. The standard InChI is InChI=1S/C52H34N2/c1-2-15-37(16-3-1)53(39-29-31-47-45-20-7-6-18-43(45)44-19-8-9-21-46(44)50(47)33-39)40-30-32-49-48-22-10-11-24-51(48)54(52(49)34-40)38-27-25-36(26-28-38)42-23-12-14-35-13-4-5-17-41(35)42/h1-34H. The van der Waals surface area contributed by atoms with Crippen molar-refractivity contribution in [2.24, 2.45) is 0 Å². The fraction of sp³-hybridized carbons (Fsp3) is 0. The number of hydrogen-bond donors (Lipinski definition) is 0. The van der Waals surface area contributed by atoms with Gasteiger partial charge in [-0.1, -0.05) is 152 Å². The minimum absolute atomic E-state index is 1.11. The highest BCUT2D eigenvalue weighted by Crippen LogP contribution is 2.43. The molecule has 11 aromatic rings. The first-order valence-corrected chi connectivity index (χ1v) is 18.6. The summed E-state index contributed by atoms with van der Waals surface area (Å²) in [6.07, 6.45) is 0. The normalized spacial score (nSPS) is 11.7. The van der Waals surface area contributed by atoms with Crippen LogP contribution < -0.4 is 4.90 Å². The molecule has 11 rings (SSSR count). The van der Waals surface area contributed by atoms with Crippen molar-refractivity contribution in [3.8, 4) is 16.8 Å². The van der Waals surface area contributed by atoms with E-state index in [1.807, 2.05) is 0 Å². The Hall–Kier alpha value is -7.16. The molecule has 0 bridgehead atoms. The Balaban J connectivity index is 1.11. The smallest absolute Gasteiger partial charge is 0.0561 e. The maximum absolute atomic E-state index is 2.42. The zero-order valence-electron chi connectivity index (χ0n) is 29.5. The predicted octanol–water partition coefficient (Wildman–Crippen LogP) is 14.5. The highest BCUT2D eigenvalue weighted by atomic mass is 15.1. The zero-order chi connectivity index (χ0) is 35.6. The number of nitrogens with zero attached hydrogens (tertiary/aromatic N) is 2. The van der Waals surface area contributed by atoms with E-state index in [9.17, 15) is 0 Å². The lowest BCUT2D eigenvalue weighted by atomic mass is 9.94. The van der Waals surface area contributed by atoms with E-state index in [1.54, 1.807) is 0 Å². The summed E-state index contributed by atoms with van der Waals surface area (Å²) in [7, 11) is 0. The van der Waals surface area contributed by atoms with Crippen molar-refractivity contribution >= 4 is 82.0 Å². The second-order valence-electron chi connectivity index (χ2n) is 14.1. The lowest BCUT2D eigenvalue weighted by molar-refractivity contribution is 1.18. The number of para-hydroxylation sites is 2. The predicted molar refractivity (Wildman–Crippen MR) is 231 cm³/mol. The number of anilines is 3. The van der Waals surface area contributed by atoms with Crippen LogP contribution in [0.3, 0.4) is 0 Å². The molecule has 0 aliphatic heterocycles. The molecule has 0 unspecified atom stereocenters. The molecule has 0 saturated carbocycles. The van der Waals surface area contributed by atoms with Gasteiger partial charge in [-0.05, 0) is 109 Å². The quantitative estimate of drug-likeness (QED) is 0.164. The molecule has 1 aromatic heterocycles. The van der Waals surface area contributed by atoms with Crippen LogP contribution in [0.25, 0.3) is 81.7 Å². The maximum atomic E-state index is 2.42. The van der Waals surface area contributed by atoms with Gasteiger partial charge in [0.2, 0.25) is 0 Å². The summed E-state index contributed by atoms with van der Waals surface area (Å²) in [5.41, 5.74) is 9.30. The molecule has 0 aliphatic rings. The van der Waals surface area contributed by atoms with E-state index in [2.05, 4.69) is 216 Å². The van der Waals surface area contributed by atoms with Crippen molar-refractivity contribution in [3.05, 3.63) is 206 Å². The van der Waals surface area contributed by atoms with Gasteiger partial charge in [-0.15, -0.1) is 0 Å². The van der Waals surface area contributed by atoms with Crippen LogP contribution in [0.2, 0.25) is 0 Å². The fourth-order valence-corrected chi connectivity index (χ4v) is 8.70. The van der Waals surface area contributed by atoms with Crippen molar-refractivity contribution in [1.82, 2.24) is 4.57 Å². The molecule has 0 aliphatic carbocycles. The van der Waals surface area contributed by atoms with Gasteiger partial charge >= 0.3 is 0 Å². The summed E-state index contributed by atoms with van der Waals surface area (Å²) in [4.78, 5) is 2.40. The summed E-state index contributed by atoms with van der Waals surface area (Å²) >= 11 is 0. The van der Waals surface area contributed by atoms with Crippen LogP contribution in [-0.2, 0) is 0 Å². The van der Waals surface area contributed by atoms with Gasteiger partial charge in [-0.3, -0.25) is 0 Å². The van der Waals surface area contributed by atoms with Crippen LogP contribution in [0.15, 0.2) is 206 Å². The third-order valence-corrected chi connectivity index (χ3v) is 11.1. The van der Waals surface area contributed by atoms with Crippen molar-refractivity contribution in [2.75, 3.05) is 4.90 Å². The molecular weight excluding hydrogens is 653 g/mol. The molecular formula is C52H34N2. The van der Waals surface area contributed by atoms with E-state index in [0.29, 0.717) is 0 Å². The number of rotatable bonds is 5. The molecule has 1 heterocycles. The molecule has 0 atom stereocenters. The van der Waals surface area contributed by atoms with E-state index in [1.165, 1.54) is 76.0 Å². The topological polar surface area (TPSA) is 8.17 Å². The summed E-state index contributed by atoms with van der Waals surface area (Å²) < 4.78 is 2.42. The Bertz CT molecular complexity index is 3170. The lowest BCUT2D eigenvalue weighted by Gasteiger charge is -2.26. The van der Waals surface area contributed by atoms with E-state index >= 15 is 0 Å². The van der Waals surface area contributed by atoms with Gasteiger partial charge in [0.15, 0.2) is 0 Å². The molecule has 252 valence electrons. The van der Waals surface area contributed by atoms with E-state index in [0.717, 1.165) is 22.7 Å². The molecule has 0 fully saturated rings. The molecule has 0 amide bonds. The van der Waals surface area contributed by atoms with Gasteiger partial charge < -0.3 is 9.47 Å². The first kappa shape index (κ1) is 30.5. The van der Waals surface area contributed by atoms with Crippen LogP contribution in [0, 0.1) is 0 Å². The molecule has 0 saturated heterocycles. The van der Waals surface area contributed by atoms with Crippen LogP contribution >= 0.6 is 0 Å². The summed E-state index contributed by atoms with van der Waals surface area (Å²) in [5, 5.41) is 12.6. The Morgan fingerprint density at radius 1 is 0.296 bits per heavy atom. The van der Waals surface area contributed by atoms with Gasteiger partial charge in [0.25, 0.3) is 0 Å². The van der Waals surface area contributed by atoms with E-state index < -0.39 is 0 Å². The first-order valence-electron chi connectivity index (χ1n) is 18.6. The summed E-state index contributed by atoms with van der Waals surface area (Å²) in [6, 6.07) is 75.2. The number of aromatic nitrogens is 1. The lowest BCUT2D eigenvalue weighted by Crippen LogP contribution is -2.10. The van der Waals surface area contributed by atoms with Crippen molar-refractivity contribution in [2.45, 2.75) is 0 Å². The highest BCUT2D eigenvalue weighted by molar-refractivity contribution is 6.26. The van der Waals surface area contributed by atoms with Crippen LogP contribution in [-0.4, -0.2) is 4.57 Å². The van der Waals surface area contributed by atoms with Crippen LogP contribution in [0.1, 0.15) is 0 Å². The largest absolute Gasteiger partial charge is 0.310 e. The van der Waals surface area contributed by atoms with Crippen molar-refractivity contribution in [3.63, 3.8) is 0 Å². The molecule has 10 aromatic carbocycles. The minimum Gasteiger partial charge on any atom is -0.310 e. The molecule has 0 N–H and O–H groups in total. The number of fused-ring (bicyclic) bond motifs is 10. The van der Waals surface area contributed by atoms with Gasteiger partial charge in [-0.25, -0.2) is 0 Å². The Morgan fingerprint density at radius 2 is 0.815 bits per heavy atom. The molecule has 54 heavy (non-hydrogen) atoms. The van der Waals surface area contributed by atoms with Crippen molar-refractivity contribution in [1.29, 1.82) is 0 Å². The number of benzene rings is 10. The fourth-order valence-electron chi connectivity index (χ4n) is 8.70. The number of hydrogen-bond acceptors (Lipinski definition) is 1. The van der Waals surface area contributed by atoms with Gasteiger partial charge in [0.1, 0.15) is 0 Å². The Morgan fingerprint density at radius 3 is 1.54 bits per heavy atom. The summed E-state index contributed by atoms with van der Waals surface area (Å²) in [6.45, 7) is 0. The highest BCUT2D eigenvalue weighted by Gasteiger charge is 2.19. The summed E-state index contributed by atoms with van der Waals surface area (Å²) in [5.74, 6) is 0. The average Bonchev–Trinajstić information content (AvgIpc) is 3.58. The van der Waals surface area contributed by atoms with E-state index in [4.69, 9.17) is 0 Å². The second kappa shape index (κ2) is 12.2. The van der Waals surface area contributed by atoms with E-state index in [-0.39, 0.29) is 0 Å². The third kappa shape index (κ3) is 4.74. The van der Waals surface area contributed by atoms with Gasteiger partial charge in [0, 0.05) is 33.5 Å². The zero-order valence-corrected chi connectivity index (χ0v) is 29.5. The first-order chi connectivity index (χ1) is 26.8.